The highest BCUT2D eigenvalue weighted by Crippen LogP contribution is 2.16. The molecule has 2 atom stereocenters. The van der Waals surface area contributed by atoms with Gasteiger partial charge in [-0.15, -0.1) is 0 Å². The molecule has 0 aliphatic rings. The van der Waals surface area contributed by atoms with E-state index in [9.17, 15) is 19.8 Å². The number of esters is 1. The first-order valence-corrected chi connectivity index (χ1v) is 24.5. The molecule has 0 bridgehead atoms. The second-order valence-corrected chi connectivity index (χ2v) is 16.8. The van der Waals surface area contributed by atoms with Crippen molar-refractivity contribution in [2.75, 3.05) is 13.2 Å². The quantitative estimate of drug-likeness (QED) is 0.0325. The van der Waals surface area contributed by atoms with E-state index in [4.69, 9.17) is 4.74 Å². The third kappa shape index (κ3) is 42.0. The smallest absolute Gasteiger partial charge is 0.305 e. The Morgan fingerprint density at radius 3 is 1.24 bits per heavy atom. The summed E-state index contributed by atoms with van der Waals surface area (Å²) < 4.78 is 5.43. The Kier molecular flexibility index (Phi) is 44.2. The molecule has 0 spiro atoms. The van der Waals surface area contributed by atoms with Crippen molar-refractivity contribution in [2.45, 2.75) is 276 Å². The van der Waals surface area contributed by atoms with Crippen molar-refractivity contribution in [1.29, 1.82) is 0 Å². The van der Waals surface area contributed by atoms with Gasteiger partial charge < -0.3 is 20.3 Å². The standard InChI is InChI=1S/C49H95NO5/c1-3-5-7-9-11-13-15-16-17-18-19-20-22-25-29-33-37-41-47(52)46(45-51)50-48(53)42-38-34-30-26-23-24-28-32-36-40-44-55-49(54)43-39-35-31-27-21-14-12-10-8-6-4-2/h37,41,46-47,51-52H,3-36,38-40,42-45H2,1-2H3,(H,50,53)/b41-37+. The fourth-order valence-electron chi connectivity index (χ4n) is 7.51. The molecule has 0 aromatic carbocycles. The molecule has 3 N–H and O–H groups in total. The normalized spacial score (nSPS) is 12.7. The number of allylic oxidation sites excluding steroid dienone is 1. The first kappa shape index (κ1) is 53.6. The van der Waals surface area contributed by atoms with Crippen LogP contribution in [0.3, 0.4) is 0 Å². The van der Waals surface area contributed by atoms with E-state index in [1.54, 1.807) is 6.08 Å². The summed E-state index contributed by atoms with van der Waals surface area (Å²) in [6.07, 6.45) is 50.5. The molecular weight excluding hydrogens is 683 g/mol. The first-order valence-electron chi connectivity index (χ1n) is 24.5. The number of carbonyl (C=O) groups is 2. The molecule has 0 aromatic heterocycles. The zero-order valence-corrected chi connectivity index (χ0v) is 36.9. The number of ether oxygens (including phenoxy) is 1. The number of amides is 1. The summed E-state index contributed by atoms with van der Waals surface area (Å²) in [5, 5.41) is 23.0. The lowest BCUT2D eigenvalue weighted by Gasteiger charge is -2.20. The number of carbonyl (C=O) groups excluding carboxylic acids is 2. The SMILES string of the molecule is CCCCCCCCCCCCCCCCC/C=C/C(O)C(CO)NC(=O)CCCCCCCCCCCCOC(=O)CCCCCCCCCCCCC. The van der Waals surface area contributed by atoms with Gasteiger partial charge in [0.1, 0.15) is 0 Å². The predicted molar refractivity (Wildman–Crippen MR) is 237 cm³/mol. The molecule has 0 radical (unpaired) electrons. The first-order chi connectivity index (χ1) is 27.0. The second-order valence-electron chi connectivity index (χ2n) is 16.8. The highest BCUT2D eigenvalue weighted by molar-refractivity contribution is 5.76. The molecule has 0 rings (SSSR count). The fraction of sp³-hybridized carbons (Fsp3) is 0.918. The van der Waals surface area contributed by atoms with Crippen molar-refractivity contribution in [3.63, 3.8) is 0 Å². The molecule has 0 saturated heterocycles. The third-order valence-electron chi connectivity index (χ3n) is 11.3. The van der Waals surface area contributed by atoms with Crippen molar-refractivity contribution in [2.24, 2.45) is 0 Å². The van der Waals surface area contributed by atoms with E-state index < -0.39 is 12.1 Å². The Morgan fingerprint density at radius 1 is 0.491 bits per heavy atom. The van der Waals surface area contributed by atoms with Gasteiger partial charge in [0.25, 0.3) is 0 Å². The average Bonchev–Trinajstić information content (AvgIpc) is 3.18. The number of nitrogens with one attached hydrogen (secondary N) is 1. The molecule has 0 fully saturated rings. The van der Waals surface area contributed by atoms with E-state index >= 15 is 0 Å². The van der Waals surface area contributed by atoms with Crippen LogP contribution in [0.4, 0.5) is 0 Å². The second kappa shape index (κ2) is 45.3. The van der Waals surface area contributed by atoms with Crippen LogP contribution >= 0.6 is 0 Å². The molecule has 6 nitrogen and oxygen atoms in total. The minimum atomic E-state index is -0.857. The molecule has 6 heteroatoms. The molecule has 0 aromatic rings. The minimum absolute atomic E-state index is 0.0211. The molecule has 0 aliphatic carbocycles. The van der Waals surface area contributed by atoms with Crippen LogP contribution < -0.4 is 5.32 Å². The van der Waals surface area contributed by atoms with Crippen LogP contribution in [0.1, 0.15) is 264 Å². The van der Waals surface area contributed by atoms with E-state index in [1.807, 2.05) is 6.08 Å². The number of rotatable bonds is 45. The van der Waals surface area contributed by atoms with Crippen LogP contribution in [0.5, 0.6) is 0 Å². The Balaban J connectivity index is 3.53. The Labute approximate surface area is 342 Å². The van der Waals surface area contributed by atoms with E-state index in [0.717, 1.165) is 57.8 Å². The number of aliphatic hydroxyl groups excluding tert-OH is 2. The van der Waals surface area contributed by atoms with Crippen LogP contribution in [-0.4, -0.2) is 47.4 Å². The maximum atomic E-state index is 12.4. The third-order valence-corrected chi connectivity index (χ3v) is 11.3. The van der Waals surface area contributed by atoms with Crippen LogP contribution in [0.25, 0.3) is 0 Å². The fourth-order valence-corrected chi connectivity index (χ4v) is 7.51. The van der Waals surface area contributed by atoms with Gasteiger partial charge in [-0.3, -0.25) is 9.59 Å². The van der Waals surface area contributed by atoms with Crippen LogP contribution in [0.2, 0.25) is 0 Å². The van der Waals surface area contributed by atoms with E-state index in [0.29, 0.717) is 19.4 Å². The van der Waals surface area contributed by atoms with Gasteiger partial charge in [-0.1, -0.05) is 231 Å². The molecule has 0 aliphatic heterocycles. The minimum Gasteiger partial charge on any atom is -0.466 e. The summed E-state index contributed by atoms with van der Waals surface area (Å²) in [5.74, 6) is -0.110. The largest absolute Gasteiger partial charge is 0.466 e. The van der Waals surface area contributed by atoms with Gasteiger partial charge in [0.15, 0.2) is 0 Å². The Hall–Kier alpha value is -1.40. The van der Waals surface area contributed by atoms with Crippen molar-refractivity contribution in [1.82, 2.24) is 5.32 Å². The number of aliphatic hydroxyl groups is 2. The summed E-state index contributed by atoms with van der Waals surface area (Å²) in [6.45, 7) is 4.85. The van der Waals surface area contributed by atoms with Gasteiger partial charge in [-0.25, -0.2) is 0 Å². The number of hydrogen-bond acceptors (Lipinski definition) is 5. The Bertz CT molecular complexity index is 817. The van der Waals surface area contributed by atoms with Crippen molar-refractivity contribution >= 4 is 11.9 Å². The maximum Gasteiger partial charge on any atom is 0.305 e. The van der Waals surface area contributed by atoms with E-state index in [-0.39, 0.29) is 18.5 Å². The lowest BCUT2D eigenvalue weighted by atomic mass is 10.0. The molecular formula is C49H95NO5. The van der Waals surface area contributed by atoms with E-state index in [2.05, 4.69) is 19.2 Å². The number of unbranched alkanes of at least 4 members (excludes halogenated alkanes) is 34. The zero-order chi connectivity index (χ0) is 40.1. The van der Waals surface area contributed by atoms with Gasteiger partial charge in [-0.2, -0.15) is 0 Å². The summed E-state index contributed by atoms with van der Waals surface area (Å²) >= 11 is 0. The molecule has 55 heavy (non-hydrogen) atoms. The predicted octanol–water partition coefficient (Wildman–Crippen LogP) is 14.2. The van der Waals surface area contributed by atoms with Gasteiger partial charge in [-0.05, 0) is 32.1 Å². The summed E-state index contributed by atoms with van der Waals surface area (Å²) in [7, 11) is 0. The maximum absolute atomic E-state index is 12.4. The van der Waals surface area contributed by atoms with Crippen molar-refractivity contribution < 1.29 is 24.5 Å². The van der Waals surface area contributed by atoms with Gasteiger partial charge in [0.2, 0.25) is 5.91 Å². The van der Waals surface area contributed by atoms with Crippen molar-refractivity contribution in [3.8, 4) is 0 Å². The van der Waals surface area contributed by atoms with Crippen LogP contribution in [0, 0.1) is 0 Å². The summed E-state index contributed by atoms with van der Waals surface area (Å²) in [6, 6.07) is -0.643. The summed E-state index contributed by atoms with van der Waals surface area (Å²) in [4.78, 5) is 24.4. The monoisotopic (exact) mass is 778 g/mol. The topological polar surface area (TPSA) is 95.9 Å². The summed E-state index contributed by atoms with van der Waals surface area (Å²) in [5.41, 5.74) is 0. The van der Waals surface area contributed by atoms with Crippen LogP contribution in [-0.2, 0) is 14.3 Å². The molecule has 0 saturated carbocycles. The molecule has 0 heterocycles. The van der Waals surface area contributed by atoms with E-state index in [1.165, 1.54) is 180 Å². The lowest BCUT2D eigenvalue weighted by Crippen LogP contribution is -2.45. The van der Waals surface area contributed by atoms with Gasteiger partial charge in [0, 0.05) is 12.8 Å². The average molecular weight is 778 g/mol. The van der Waals surface area contributed by atoms with Crippen LogP contribution in [0.15, 0.2) is 12.2 Å². The lowest BCUT2D eigenvalue weighted by molar-refractivity contribution is -0.143. The molecule has 2 unspecified atom stereocenters. The van der Waals surface area contributed by atoms with Gasteiger partial charge in [0.05, 0.1) is 25.4 Å². The highest BCUT2D eigenvalue weighted by atomic mass is 16.5. The highest BCUT2D eigenvalue weighted by Gasteiger charge is 2.18. The molecule has 326 valence electrons. The van der Waals surface area contributed by atoms with Crippen molar-refractivity contribution in [3.05, 3.63) is 12.2 Å². The zero-order valence-electron chi connectivity index (χ0n) is 36.9. The van der Waals surface area contributed by atoms with Gasteiger partial charge >= 0.3 is 5.97 Å². The molecule has 1 amide bonds. The Morgan fingerprint density at radius 2 is 0.836 bits per heavy atom. The number of hydrogen-bond donors (Lipinski definition) is 3.